The van der Waals surface area contributed by atoms with Gasteiger partial charge in [-0.1, -0.05) is 6.07 Å². The molecular weight excluding hydrogens is 322 g/mol. The van der Waals surface area contributed by atoms with Crippen LogP contribution in [0.2, 0.25) is 0 Å². The van der Waals surface area contributed by atoms with Crippen LogP contribution in [0.4, 0.5) is 5.69 Å². The average molecular weight is 336 g/mol. The van der Waals surface area contributed by atoms with Crippen molar-refractivity contribution >= 4 is 27.6 Å². The number of hydrogen-bond donors (Lipinski definition) is 1. The highest BCUT2D eigenvalue weighted by Gasteiger charge is 2.22. The molecule has 0 unspecified atom stereocenters. The lowest BCUT2D eigenvalue weighted by molar-refractivity contribution is 0.0695. The van der Waals surface area contributed by atoms with Crippen LogP contribution in [-0.2, 0) is 13.0 Å². The molecule has 1 aliphatic heterocycles. The molecule has 0 atom stereocenters. The number of anilines is 1. The van der Waals surface area contributed by atoms with E-state index < -0.39 is 5.97 Å². The minimum absolute atomic E-state index is 0.410. The molecule has 0 amide bonds. The van der Waals surface area contributed by atoms with E-state index in [1.807, 2.05) is 18.2 Å². The SMILES string of the molecule is O=C(O)c1cccc2c1CCCN2Cc1ccc(Br)o1. The molecule has 0 aliphatic carbocycles. The van der Waals surface area contributed by atoms with Gasteiger partial charge in [-0.2, -0.15) is 0 Å². The Morgan fingerprint density at radius 2 is 2.20 bits per heavy atom. The Morgan fingerprint density at radius 1 is 1.35 bits per heavy atom. The van der Waals surface area contributed by atoms with Gasteiger partial charge in [-0.25, -0.2) is 4.79 Å². The van der Waals surface area contributed by atoms with E-state index in [-0.39, 0.29) is 0 Å². The minimum atomic E-state index is -0.857. The molecule has 0 bridgehead atoms. The smallest absolute Gasteiger partial charge is 0.336 e. The summed E-state index contributed by atoms with van der Waals surface area (Å²) < 4.78 is 6.25. The van der Waals surface area contributed by atoms with Gasteiger partial charge in [0.1, 0.15) is 5.76 Å². The molecule has 0 radical (unpaired) electrons. The number of benzene rings is 1. The fraction of sp³-hybridized carbons (Fsp3) is 0.267. The molecule has 20 heavy (non-hydrogen) atoms. The third-order valence-corrected chi connectivity index (χ3v) is 3.98. The zero-order valence-corrected chi connectivity index (χ0v) is 12.4. The maximum absolute atomic E-state index is 11.3. The summed E-state index contributed by atoms with van der Waals surface area (Å²) in [7, 11) is 0. The summed E-state index contributed by atoms with van der Waals surface area (Å²) >= 11 is 3.30. The Labute approximate surface area is 125 Å². The zero-order chi connectivity index (χ0) is 14.1. The van der Waals surface area contributed by atoms with Crippen LogP contribution < -0.4 is 4.90 Å². The lowest BCUT2D eigenvalue weighted by Gasteiger charge is -2.31. The van der Waals surface area contributed by atoms with Gasteiger partial charge in [-0.15, -0.1) is 0 Å². The van der Waals surface area contributed by atoms with Crippen LogP contribution in [0, 0.1) is 0 Å². The molecule has 3 rings (SSSR count). The molecule has 0 fully saturated rings. The van der Waals surface area contributed by atoms with E-state index in [0.717, 1.165) is 36.4 Å². The van der Waals surface area contributed by atoms with Crippen molar-refractivity contribution in [3.63, 3.8) is 0 Å². The van der Waals surface area contributed by atoms with Gasteiger partial charge >= 0.3 is 5.97 Å². The normalized spacial score (nSPS) is 14.2. The lowest BCUT2D eigenvalue weighted by Crippen LogP contribution is -2.29. The van der Waals surface area contributed by atoms with Gasteiger partial charge in [-0.3, -0.25) is 0 Å². The van der Waals surface area contributed by atoms with Crippen molar-refractivity contribution in [1.29, 1.82) is 0 Å². The van der Waals surface area contributed by atoms with E-state index in [0.29, 0.717) is 16.8 Å². The number of nitrogens with zero attached hydrogens (tertiary/aromatic N) is 1. The first-order valence-electron chi connectivity index (χ1n) is 6.49. The highest BCUT2D eigenvalue weighted by molar-refractivity contribution is 9.10. The lowest BCUT2D eigenvalue weighted by atomic mass is 9.96. The monoisotopic (exact) mass is 335 g/mol. The number of carbonyl (C=O) groups is 1. The summed E-state index contributed by atoms with van der Waals surface area (Å²) in [4.78, 5) is 13.5. The molecule has 1 N–H and O–H groups in total. The van der Waals surface area contributed by atoms with E-state index in [4.69, 9.17) is 4.42 Å². The number of halogens is 1. The van der Waals surface area contributed by atoms with Gasteiger partial charge in [-0.05, 0) is 58.6 Å². The third-order valence-electron chi connectivity index (χ3n) is 3.55. The molecule has 104 valence electrons. The van der Waals surface area contributed by atoms with Crippen LogP contribution in [0.1, 0.15) is 28.1 Å². The predicted molar refractivity (Wildman–Crippen MR) is 79.2 cm³/mol. The number of fused-ring (bicyclic) bond motifs is 1. The molecule has 5 heteroatoms. The van der Waals surface area contributed by atoms with Gasteiger partial charge < -0.3 is 14.4 Å². The summed E-state index contributed by atoms with van der Waals surface area (Å²) in [6, 6.07) is 9.26. The molecule has 0 saturated carbocycles. The Bertz CT molecular complexity index is 650. The van der Waals surface area contributed by atoms with Crippen molar-refractivity contribution in [3.8, 4) is 0 Å². The Kier molecular flexibility index (Phi) is 3.53. The van der Waals surface area contributed by atoms with E-state index >= 15 is 0 Å². The molecule has 1 aromatic heterocycles. The van der Waals surface area contributed by atoms with Gasteiger partial charge in [0.05, 0.1) is 12.1 Å². The van der Waals surface area contributed by atoms with Crippen LogP contribution in [0.25, 0.3) is 0 Å². The molecule has 1 aliphatic rings. The summed E-state index contributed by atoms with van der Waals surface area (Å²) in [5.41, 5.74) is 2.34. The molecule has 2 aromatic rings. The molecule has 2 heterocycles. The van der Waals surface area contributed by atoms with E-state index in [2.05, 4.69) is 20.8 Å². The minimum Gasteiger partial charge on any atom is -0.478 e. The summed E-state index contributed by atoms with van der Waals surface area (Å²) in [6.45, 7) is 1.57. The third kappa shape index (κ3) is 2.45. The summed E-state index contributed by atoms with van der Waals surface area (Å²) in [5.74, 6) is 0.00916. The predicted octanol–water partition coefficient (Wildman–Crippen LogP) is 3.69. The number of rotatable bonds is 3. The van der Waals surface area contributed by atoms with Gasteiger partial charge in [0.2, 0.25) is 0 Å². The van der Waals surface area contributed by atoms with Crippen molar-refractivity contribution in [2.24, 2.45) is 0 Å². The number of carboxylic acid groups (broad SMARTS) is 1. The molecule has 0 saturated heterocycles. The first-order chi connectivity index (χ1) is 9.65. The van der Waals surface area contributed by atoms with Crippen molar-refractivity contribution in [3.05, 3.63) is 51.9 Å². The second-order valence-corrected chi connectivity index (χ2v) is 5.62. The quantitative estimate of drug-likeness (QED) is 0.929. The Hall–Kier alpha value is -1.75. The van der Waals surface area contributed by atoms with Crippen LogP contribution in [0.15, 0.2) is 39.4 Å². The number of hydrogen-bond acceptors (Lipinski definition) is 3. The number of furan rings is 1. The molecule has 0 spiro atoms. The first kappa shape index (κ1) is 13.2. The second-order valence-electron chi connectivity index (χ2n) is 4.84. The van der Waals surface area contributed by atoms with E-state index in [1.165, 1.54) is 0 Å². The largest absolute Gasteiger partial charge is 0.478 e. The topological polar surface area (TPSA) is 53.7 Å². The molecule has 1 aromatic carbocycles. The summed E-state index contributed by atoms with van der Waals surface area (Å²) in [5, 5.41) is 9.28. The number of carboxylic acids is 1. The van der Waals surface area contributed by atoms with Crippen molar-refractivity contribution < 1.29 is 14.3 Å². The van der Waals surface area contributed by atoms with Crippen LogP contribution in [0.5, 0.6) is 0 Å². The Morgan fingerprint density at radius 3 is 2.90 bits per heavy atom. The van der Waals surface area contributed by atoms with Crippen molar-refractivity contribution in [1.82, 2.24) is 0 Å². The van der Waals surface area contributed by atoms with Crippen LogP contribution in [-0.4, -0.2) is 17.6 Å². The van der Waals surface area contributed by atoms with Crippen molar-refractivity contribution in [2.75, 3.05) is 11.4 Å². The van der Waals surface area contributed by atoms with Gasteiger partial charge in [0, 0.05) is 12.2 Å². The van der Waals surface area contributed by atoms with Crippen molar-refractivity contribution in [2.45, 2.75) is 19.4 Å². The zero-order valence-electron chi connectivity index (χ0n) is 10.8. The highest BCUT2D eigenvalue weighted by atomic mass is 79.9. The fourth-order valence-corrected chi connectivity index (χ4v) is 3.03. The van der Waals surface area contributed by atoms with Crippen LogP contribution in [0.3, 0.4) is 0 Å². The second kappa shape index (κ2) is 5.32. The average Bonchev–Trinajstić information content (AvgIpc) is 2.84. The Balaban J connectivity index is 1.94. The maximum atomic E-state index is 11.3. The van der Waals surface area contributed by atoms with E-state index in [1.54, 1.807) is 12.1 Å². The number of aromatic carboxylic acids is 1. The van der Waals surface area contributed by atoms with Crippen LogP contribution >= 0.6 is 15.9 Å². The maximum Gasteiger partial charge on any atom is 0.336 e. The standard InChI is InChI=1S/C15H14BrNO3/c16-14-7-6-10(20-14)9-17-8-2-4-11-12(15(18)19)3-1-5-13(11)17/h1,3,5-7H,2,4,8-9H2,(H,18,19). The highest BCUT2D eigenvalue weighted by Crippen LogP contribution is 2.31. The van der Waals surface area contributed by atoms with E-state index in [9.17, 15) is 9.90 Å². The summed E-state index contributed by atoms with van der Waals surface area (Å²) in [6.07, 6.45) is 1.77. The first-order valence-corrected chi connectivity index (χ1v) is 7.29. The molecule has 4 nitrogen and oxygen atoms in total. The molecular formula is C15H14BrNO3. The van der Waals surface area contributed by atoms with Gasteiger partial charge in [0.15, 0.2) is 4.67 Å². The fourth-order valence-electron chi connectivity index (χ4n) is 2.69. The van der Waals surface area contributed by atoms with Gasteiger partial charge in [0.25, 0.3) is 0 Å².